The van der Waals surface area contributed by atoms with Gasteiger partial charge in [-0.1, -0.05) is 15.9 Å². The van der Waals surface area contributed by atoms with E-state index in [1.54, 1.807) is 12.1 Å². The summed E-state index contributed by atoms with van der Waals surface area (Å²) >= 11 is 7.17. The third kappa shape index (κ3) is 2.68. The van der Waals surface area contributed by atoms with Crippen LogP contribution in [0.15, 0.2) is 27.6 Å². The van der Waals surface area contributed by atoms with E-state index in [0.29, 0.717) is 10.2 Å². The lowest BCUT2D eigenvalue weighted by Crippen LogP contribution is -2.13. The summed E-state index contributed by atoms with van der Waals surface area (Å²) in [5.41, 5.74) is 0. The highest BCUT2D eigenvalue weighted by Gasteiger charge is 2.24. The molecule has 0 aliphatic heterocycles. The first-order valence-electron chi connectivity index (χ1n) is 4.15. The quantitative estimate of drug-likeness (QED) is 0.872. The average molecular weight is 311 g/mol. The number of rotatable bonds is 3. The maximum atomic E-state index is 11.9. The maximum absolute atomic E-state index is 11.9. The first-order chi connectivity index (χ1) is 6.89. The zero-order valence-corrected chi connectivity index (χ0v) is 11.6. The summed E-state index contributed by atoms with van der Waals surface area (Å²) in [6.45, 7) is 1.51. The number of benzene rings is 1. The van der Waals surface area contributed by atoms with Crippen LogP contribution >= 0.6 is 28.6 Å². The van der Waals surface area contributed by atoms with Crippen LogP contribution in [0.4, 0.5) is 0 Å². The Morgan fingerprint density at radius 1 is 1.47 bits per heavy atom. The molecule has 0 saturated carbocycles. The van der Waals surface area contributed by atoms with E-state index < -0.39 is 14.4 Å². The van der Waals surface area contributed by atoms with Crippen molar-refractivity contribution in [1.82, 2.24) is 0 Å². The van der Waals surface area contributed by atoms with E-state index in [2.05, 4.69) is 28.6 Å². The summed E-state index contributed by atoms with van der Waals surface area (Å²) in [5.74, 6) is 0.333. The molecule has 0 radical (unpaired) electrons. The number of hydrogen-bond donors (Lipinski definition) is 1. The van der Waals surface area contributed by atoms with Gasteiger partial charge in [0, 0.05) is 4.47 Å². The predicted molar refractivity (Wildman–Crippen MR) is 66.3 cm³/mol. The first kappa shape index (κ1) is 12.9. The van der Waals surface area contributed by atoms with Crippen LogP contribution in [0.2, 0.25) is 0 Å². The molecule has 6 heteroatoms. The van der Waals surface area contributed by atoms with Crippen LogP contribution in [0.1, 0.15) is 6.92 Å². The summed E-state index contributed by atoms with van der Waals surface area (Å²) in [6.07, 6.45) is 0. The first-order valence-corrected chi connectivity index (χ1v) is 7.00. The fraction of sp³-hybridized carbons (Fsp3) is 0.333. The molecule has 0 bridgehead atoms. The Hall–Kier alpha value is -0.200. The molecule has 1 atom stereocenters. The van der Waals surface area contributed by atoms with Gasteiger partial charge in [0.2, 0.25) is 0 Å². The summed E-state index contributed by atoms with van der Waals surface area (Å²) in [6, 6.07) is 4.84. The van der Waals surface area contributed by atoms with Crippen LogP contribution in [0.3, 0.4) is 0 Å². The minimum atomic E-state index is -3.43. The van der Waals surface area contributed by atoms with Gasteiger partial charge in [-0.25, -0.2) is 8.42 Å². The van der Waals surface area contributed by atoms with E-state index in [9.17, 15) is 8.42 Å². The van der Waals surface area contributed by atoms with Gasteiger partial charge in [-0.2, -0.15) is 12.6 Å². The standard InChI is InChI=1S/C9H11BrO3S2/c1-6(14)15(11,12)9-5-7(10)3-4-8(9)13-2/h3-6,14H,1-2H3. The molecule has 1 rings (SSSR count). The largest absolute Gasteiger partial charge is 0.495 e. The van der Waals surface area contributed by atoms with Gasteiger partial charge in [0.1, 0.15) is 15.2 Å². The topological polar surface area (TPSA) is 43.4 Å². The molecule has 0 aliphatic carbocycles. The highest BCUT2D eigenvalue weighted by Crippen LogP contribution is 2.30. The molecule has 1 aromatic rings. The number of methoxy groups -OCH3 is 1. The second-order valence-corrected chi connectivity index (χ2v) is 7.22. The highest BCUT2D eigenvalue weighted by atomic mass is 79.9. The number of thiol groups is 1. The number of halogens is 1. The molecule has 0 heterocycles. The van der Waals surface area contributed by atoms with E-state index in [1.807, 2.05) is 0 Å². The van der Waals surface area contributed by atoms with Crippen LogP contribution in [0.5, 0.6) is 5.75 Å². The molecule has 1 unspecified atom stereocenters. The SMILES string of the molecule is COc1ccc(Br)cc1S(=O)(=O)C(C)S. The van der Waals surface area contributed by atoms with Gasteiger partial charge in [-0.3, -0.25) is 0 Å². The normalized spacial score (nSPS) is 13.6. The van der Waals surface area contributed by atoms with Gasteiger partial charge in [0.05, 0.1) is 7.11 Å². The van der Waals surface area contributed by atoms with Crippen LogP contribution in [-0.4, -0.2) is 20.1 Å². The summed E-state index contributed by atoms with van der Waals surface area (Å²) in [4.78, 5) is 0.155. The summed E-state index contributed by atoms with van der Waals surface area (Å²) in [5, 5.41) is 0. The Balaban J connectivity index is 3.42. The van der Waals surface area contributed by atoms with Crippen LogP contribution in [0.25, 0.3) is 0 Å². The molecule has 0 aliphatic rings. The van der Waals surface area contributed by atoms with E-state index in [-0.39, 0.29) is 4.90 Å². The van der Waals surface area contributed by atoms with Crippen molar-refractivity contribution in [3.8, 4) is 5.75 Å². The molecule has 3 nitrogen and oxygen atoms in total. The Morgan fingerprint density at radius 3 is 2.53 bits per heavy atom. The molecular formula is C9H11BrO3S2. The lowest BCUT2D eigenvalue weighted by molar-refractivity contribution is 0.402. The molecule has 15 heavy (non-hydrogen) atoms. The van der Waals surface area contributed by atoms with Crippen LogP contribution in [-0.2, 0) is 9.84 Å². The molecule has 0 aromatic heterocycles. The third-order valence-corrected chi connectivity index (χ3v) is 5.04. The van der Waals surface area contributed by atoms with Gasteiger partial charge in [-0.15, -0.1) is 0 Å². The lowest BCUT2D eigenvalue weighted by Gasteiger charge is -2.11. The fourth-order valence-corrected chi connectivity index (χ4v) is 3.00. The minimum absolute atomic E-state index is 0.155. The zero-order valence-electron chi connectivity index (χ0n) is 8.27. The van der Waals surface area contributed by atoms with E-state index in [4.69, 9.17) is 4.74 Å². The van der Waals surface area contributed by atoms with Gasteiger partial charge in [-0.05, 0) is 25.1 Å². The number of sulfone groups is 1. The van der Waals surface area contributed by atoms with E-state index in [1.165, 1.54) is 20.1 Å². The smallest absolute Gasteiger partial charge is 0.193 e. The Bertz CT molecular complexity index is 454. The maximum Gasteiger partial charge on any atom is 0.193 e. The molecule has 0 spiro atoms. The molecule has 1 aromatic carbocycles. The number of ether oxygens (including phenoxy) is 1. The zero-order chi connectivity index (χ0) is 11.6. The monoisotopic (exact) mass is 310 g/mol. The average Bonchev–Trinajstić information content (AvgIpc) is 2.17. The van der Waals surface area contributed by atoms with Gasteiger partial charge >= 0.3 is 0 Å². The lowest BCUT2D eigenvalue weighted by atomic mass is 10.3. The van der Waals surface area contributed by atoms with Crippen molar-refractivity contribution in [1.29, 1.82) is 0 Å². The minimum Gasteiger partial charge on any atom is -0.495 e. The van der Waals surface area contributed by atoms with Crippen molar-refractivity contribution in [2.45, 2.75) is 16.4 Å². The van der Waals surface area contributed by atoms with Gasteiger partial charge in [0.25, 0.3) is 0 Å². The van der Waals surface area contributed by atoms with E-state index in [0.717, 1.165) is 0 Å². The Morgan fingerprint density at radius 2 is 2.07 bits per heavy atom. The van der Waals surface area contributed by atoms with Gasteiger partial charge < -0.3 is 4.74 Å². The number of hydrogen-bond acceptors (Lipinski definition) is 4. The molecule has 84 valence electrons. The second-order valence-electron chi connectivity index (χ2n) is 2.94. The van der Waals surface area contributed by atoms with Crippen LogP contribution in [0, 0.1) is 0 Å². The predicted octanol–water partition coefficient (Wildman–Crippen LogP) is 2.51. The van der Waals surface area contributed by atoms with Crippen molar-refractivity contribution in [3.63, 3.8) is 0 Å². The van der Waals surface area contributed by atoms with Crippen molar-refractivity contribution >= 4 is 38.4 Å². The molecule has 0 saturated heterocycles. The molecule has 0 N–H and O–H groups in total. The van der Waals surface area contributed by atoms with E-state index >= 15 is 0 Å². The third-order valence-electron chi connectivity index (χ3n) is 1.88. The van der Waals surface area contributed by atoms with Crippen LogP contribution < -0.4 is 4.74 Å². The fourth-order valence-electron chi connectivity index (χ4n) is 1.06. The summed E-state index contributed by atoms with van der Waals surface area (Å²) in [7, 11) is -2.00. The Kier molecular flexibility index (Phi) is 4.08. The highest BCUT2D eigenvalue weighted by molar-refractivity contribution is 9.10. The van der Waals surface area contributed by atoms with Crippen molar-refractivity contribution in [3.05, 3.63) is 22.7 Å². The molecule has 0 fully saturated rings. The molecule has 0 amide bonds. The molecular weight excluding hydrogens is 300 g/mol. The van der Waals surface area contributed by atoms with Crippen molar-refractivity contribution in [2.24, 2.45) is 0 Å². The van der Waals surface area contributed by atoms with Crippen molar-refractivity contribution in [2.75, 3.05) is 7.11 Å². The van der Waals surface area contributed by atoms with Crippen molar-refractivity contribution < 1.29 is 13.2 Å². The van der Waals surface area contributed by atoms with Gasteiger partial charge in [0.15, 0.2) is 9.84 Å². The second kappa shape index (κ2) is 4.76. The Labute approximate surface area is 103 Å². The summed E-state index contributed by atoms with van der Waals surface area (Å²) < 4.78 is 28.7.